The van der Waals surface area contributed by atoms with Crippen molar-refractivity contribution in [1.82, 2.24) is 25.6 Å². The summed E-state index contributed by atoms with van der Waals surface area (Å²) in [6.45, 7) is 0. The van der Waals surface area contributed by atoms with Crippen molar-refractivity contribution in [3.63, 3.8) is 0 Å². The highest BCUT2D eigenvalue weighted by molar-refractivity contribution is 6.14. The van der Waals surface area contributed by atoms with E-state index in [0.29, 0.717) is 12.2 Å². The van der Waals surface area contributed by atoms with Gasteiger partial charge in [-0.1, -0.05) is 59.8 Å². The first kappa shape index (κ1) is 13.9. The van der Waals surface area contributed by atoms with Crippen molar-refractivity contribution in [2.45, 2.75) is 6.42 Å². The summed E-state index contributed by atoms with van der Waals surface area (Å²) in [7, 11) is 0. The van der Waals surface area contributed by atoms with Crippen molar-refractivity contribution < 1.29 is 0 Å². The molecule has 0 aliphatic rings. The van der Waals surface area contributed by atoms with Crippen molar-refractivity contribution >= 4 is 21.8 Å². The van der Waals surface area contributed by atoms with E-state index in [0.717, 1.165) is 16.6 Å². The second-order valence-electron chi connectivity index (χ2n) is 6.10. The molecule has 0 radical (unpaired) electrons. The fraction of sp³-hybridized carbons (Fsp3) is 0.0500. The highest BCUT2D eigenvalue weighted by Crippen LogP contribution is 2.34. The summed E-state index contributed by atoms with van der Waals surface area (Å²) in [5.74, 6) is 0.697. The first-order valence-corrected chi connectivity index (χ1v) is 8.19. The van der Waals surface area contributed by atoms with Gasteiger partial charge in [-0.25, -0.2) is 0 Å². The molecule has 5 aromatic rings. The molecule has 0 aliphatic heterocycles. The number of para-hydroxylation sites is 1. The Morgan fingerprint density at radius 3 is 2.64 bits per heavy atom. The van der Waals surface area contributed by atoms with Gasteiger partial charge in [-0.15, -0.1) is 10.2 Å². The summed E-state index contributed by atoms with van der Waals surface area (Å²) in [6.07, 6.45) is 0.661. The normalized spacial score (nSPS) is 11.4. The fourth-order valence-corrected chi connectivity index (χ4v) is 3.43. The van der Waals surface area contributed by atoms with Crippen LogP contribution in [0.5, 0.6) is 0 Å². The van der Waals surface area contributed by atoms with Gasteiger partial charge in [-0.2, -0.15) is 5.21 Å². The van der Waals surface area contributed by atoms with Crippen molar-refractivity contribution in [2.24, 2.45) is 0 Å². The van der Waals surface area contributed by atoms with Crippen LogP contribution in [0.25, 0.3) is 32.9 Å². The third-order valence-corrected chi connectivity index (χ3v) is 4.52. The molecule has 0 spiro atoms. The van der Waals surface area contributed by atoms with E-state index in [9.17, 15) is 0 Å². The highest BCUT2D eigenvalue weighted by Gasteiger charge is 2.10. The number of nitrogens with one attached hydrogen (secondary N) is 2. The Hall–Kier alpha value is -3.47. The zero-order valence-electron chi connectivity index (χ0n) is 13.4. The van der Waals surface area contributed by atoms with Crippen LogP contribution in [0.3, 0.4) is 0 Å². The summed E-state index contributed by atoms with van der Waals surface area (Å²) < 4.78 is 0. The highest BCUT2D eigenvalue weighted by atomic mass is 15.5. The van der Waals surface area contributed by atoms with E-state index in [1.165, 1.54) is 21.9 Å². The first-order valence-electron chi connectivity index (χ1n) is 8.19. The van der Waals surface area contributed by atoms with Gasteiger partial charge in [0.05, 0.1) is 0 Å². The lowest BCUT2D eigenvalue weighted by Gasteiger charge is -2.07. The van der Waals surface area contributed by atoms with Crippen LogP contribution < -0.4 is 0 Å². The molecule has 3 aromatic carbocycles. The number of benzene rings is 3. The Labute approximate surface area is 143 Å². The lowest BCUT2D eigenvalue weighted by molar-refractivity contribution is 0.881. The molecule has 0 atom stereocenters. The molecule has 5 nitrogen and oxygen atoms in total. The van der Waals surface area contributed by atoms with Gasteiger partial charge in [-0.05, 0) is 28.8 Å². The van der Waals surface area contributed by atoms with E-state index in [4.69, 9.17) is 0 Å². The topological polar surface area (TPSA) is 70.2 Å². The number of nitrogens with zero attached hydrogens (tertiary/aromatic N) is 3. The van der Waals surface area contributed by atoms with E-state index in [1.807, 2.05) is 0 Å². The Bertz CT molecular complexity index is 1170. The van der Waals surface area contributed by atoms with Gasteiger partial charge in [0.2, 0.25) is 0 Å². The predicted octanol–water partition coefficient (Wildman–Crippen LogP) is 4.09. The van der Waals surface area contributed by atoms with Gasteiger partial charge in [0.25, 0.3) is 0 Å². The number of hydrogen-bond donors (Lipinski definition) is 2. The number of aromatic amines is 2. The maximum Gasteiger partial charge on any atom is 0.178 e. The van der Waals surface area contributed by atoms with Gasteiger partial charge < -0.3 is 4.98 Å². The lowest BCUT2D eigenvalue weighted by atomic mass is 9.97. The summed E-state index contributed by atoms with van der Waals surface area (Å²) in [5, 5.41) is 16.7. The quantitative estimate of drug-likeness (QED) is 0.525. The molecule has 0 unspecified atom stereocenters. The Morgan fingerprint density at radius 1 is 0.840 bits per heavy atom. The summed E-state index contributed by atoms with van der Waals surface area (Å²) in [6, 6.07) is 23.3. The SMILES string of the molecule is c1cc(Cc2nn[nH]n2)cc(-c2cccc3[nH]c4ccccc4c23)c1. The zero-order chi connectivity index (χ0) is 16.6. The fourth-order valence-electron chi connectivity index (χ4n) is 3.43. The molecule has 2 N–H and O–H groups in total. The number of H-pyrrole nitrogens is 2. The first-order chi connectivity index (χ1) is 12.4. The maximum atomic E-state index is 4.04. The zero-order valence-corrected chi connectivity index (χ0v) is 13.4. The van der Waals surface area contributed by atoms with E-state index in [2.05, 4.69) is 92.3 Å². The molecule has 0 bridgehead atoms. The van der Waals surface area contributed by atoms with Crippen LogP contribution in [0.4, 0.5) is 0 Å². The number of hydrogen-bond acceptors (Lipinski definition) is 3. The molecule has 0 saturated carbocycles. The third-order valence-electron chi connectivity index (χ3n) is 4.52. The van der Waals surface area contributed by atoms with Crippen LogP contribution in [0, 0.1) is 0 Å². The minimum Gasteiger partial charge on any atom is -0.354 e. The van der Waals surface area contributed by atoms with E-state index >= 15 is 0 Å². The predicted molar refractivity (Wildman–Crippen MR) is 98.2 cm³/mol. The number of rotatable bonds is 3. The van der Waals surface area contributed by atoms with Gasteiger partial charge in [0.1, 0.15) is 0 Å². The Balaban J connectivity index is 1.68. The van der Waals surface area contributed by atoms with Gasteiger partial charge in [0.15, 0.2) is 5.82 Å². The molecular weight excluding hydrogens is 310 g/mol. The molecule has 120 valence electrons. The van der Waals surface area contributed by atoms with Crippen molar-refractivity contribution in [3.05, 3.63) is 78.1 Å². The van der Waals surface area contributed by atoms with Crippen LogP contribution >= 0.6 is 0 Å². The Kier molecular flexibility index (Phi) is 3.10. The molecule has 2 aromatic heterocycles. The molecule has 0 aliphatic carbocycles. The smallest absolute Gasteiger partial charge is 0.178 e. The molecule has 25 heavy (non-hydrogen) atoms. The molecule has 5 rings (SSSR count). The number of tetrazole rings is 1. The summed E-state index contributed by atoms with van der Waals surface area (Å²) in [4.78, 5) is 3.51. The standard InChI is InChI=1S/C20H15N5/c1-2-9-17-16(7-1)20-15(8-4-10-18(20)21-17)14-6-3-5-13(11-14)12-19-22-24-25-23-19/h1-11,21H,12H2,(H,22,23,24,25). The average molecular weight is 325 g/mol. The monoisotopic (exact) mass is 325 g/mol. The average Bonchev–Trinajstić information content (AvgIpc) is 3.29. The summed E-state index contributed by atoms with van der Waals surface area (Å²) >= 11 is 0. The minimum absolute atomic E-state index is 0.661. The number of aromatic nitrogens is 5. The molecule has 5 heteroatoms. The van der Waals surface area contributed by atoms with Crippen LogP contribution in [0.2, 0.25) is 0 Å². The van der Waals surface area contributed by atoms with Crippen molar-refractivity contribution in [3.8, 4) is 11.1 Å². The van der Waals surface area contributed by atoms with E-state index in [-0.39, 0.29) is 0 Å². The van der Waals surface area contributed by atoms with Crippen molar-refractivity contribution in [1.29, 1.82) is 0 Å². The number of fused-ring (bicyclic) bond motifs is 3. The van der Waals surface area contributed by atoms with Crippen LogP contribution in [-0.2, 0) is 6.42 Å². The third kappa shape index (κ3) is 2.37. The molecule has 2 heterocycles. The van der Waals surface area contributed by atoms with Gasteiger partial charge in [-0.3, -0.25) is 0 Å². The molecule has 0 amide bonds. The van der Waals surface area contributed by atoms with Gasteiger partial charge in [0, 0.05) is 28.2 Å². The second-order valence-corrected chi connectivity index (χ2v) is 6.10. The maximum absolute atomic E-state index is 4.04. The largest absolute Gasteiger partial charge is 0.354 e. The van der Waals surface area contributed by atoms with Crippen LogP contribution in [-0.4, -0.2) is 25.6 Å². The minimum atomic E-state index is 0.661. The van der Waals surface area contributed by atoms with E-state index in [1.54, 1.807) is 0 Å². The Morgan fingerprint density at radius 2 is 1.72 bits per heavy atom. The molecule has 0 saturated heterocycles. The lowest BCUT2D eigenvalue weighted by Crippen LogP contribution is -1.92. The molecular formula is C20H15N5. The second kappa shape index (κ2) is 5.56. The van der Waals surface area contributed by atoms with Crippen LogP contribution in [0.1, 0.15) is 11.4 Å². The summed E-state index contributed by atoms with van der Waals surface area (Å²) in [5.41, 5.74) is 5.90. The van der Waals surface area contributed by atoms with Gasteiger partial charge >= 0.3 is 0 Å². The molecule has 0 fully saturated rings. The van der Waals surface area contributed by atoms with Crippen LogP contribution in [0.15, 0.2) is 66.7 Å². The van der Waals surface area contributed by atoms with Crippen molar-refractivity contribution in [2.75, 3.05) is 0 Å². The van der Waals surface area contributed by atoms with E-state index < -0.39 is 0 Å².